The summed E-state index contributed by atoms with van der Waals surface area (Å²) in [7, 11) is 0. The smallest absolute Gasteiger partial charge is 0.475 e. The minimum absolute atomic E-state index is 0.824. The molecule has 0 aliphatic carbocycles. The zero-order chi connectivity index (χ0) is 11.6. The molecule has 14 heavy (non-hydrogen) atoms. The molecule has 3 nitrogen and oxygen atoms in total. The van der Waals surface area contributed by atoms with Crippen LogP contribution in [0.2, 0.25) is 0 Å². The summed E-state index contributed by atoms with van der Waals surface area (Å²) in [5.74, 6) is -0.377. The Hall–Kier alpha value is -0.430. The average molecular weight is 233 g/mol. The minimum Gasteiger partial charge on any atom is -0.475 e. The first-order chi connectivity index (χ1) is 6.36. The van der Waals surface area contributed by atoms with E-state index in [-0.39, 0.29) is 0 Å². The van der Waals surface area contributed by atoms with Crippen molar-refractivity contribution >= 4 is 17.7 Å². The first-order valence-corrected chi connectivity index (χ1v) is 5.09. The van der Waals surface area contributed by atoms with Crippen LogP contribution in [0.3, 0.4) is 0 Å². The Bertz CT molecular complexity index is 148. The first kappa shape index (κ1) is 16.0. The van der Waals surface area contributed by atoms with Crippen LogP contribution in [0.4, 0.5) is 13.2 Å². The number of hydrogen-bond donors (Lipinski definition) is 2. The zero-order valence-corrected chi connectivity index (χ0v) is 8.62. The van der Waals surface area contributed by atoms with E-state index in [9.17, 15) is 13.2 Å². The summed E-state index contributed by atoms with van der Waals surface area (Å²) in [6.07, 6.45) is -3.81. The van der Waals surface area contributed by atoms with Crippen LogP contribution in [-0.4, -0.2) is 35.3 Å². The van der Waals surface area contributed by atoms with E-state index in [4.69, 9.17) is 15.6 Å². The Kier molecular flexibility index (Phi) is 10.5. The van der Waals surface area contributed by atoms with Gasteiger partial charge in [0.2, 0.25) is 0 Å². The summed E-state index contributed by atoms with van der Waals surface area (Å²) < 4.78 is 31.7. The predicted octanol–water partition coefficient (Wildman–Crippen LogP) is 1.72. The second kappa shape index (κ2) is 9.14. The normalized spacial score (nSPS) is 10.4. The lowest BCUT2D eigenvalue weighted by Crippen LogP contribution is -2.21. The van der Waals surface area contributed by atoms with Gasteiger partial charge < -0.3 is 10.8 Å². The molecule has 0 aromatic carbocycles. The number of nitrogens with two attached hydrogens (primary N) is 1. The van der Waals surface area contributed by atoms with Crippen molar-refractivity contribution < 1.29 is 23.1 Å². The zero-order valence-electron chi connectivity index (χ0n) is 7.80. The maximum atomic E-state index is 10.6. The van der Waals surface area contributed by atoms with E-state index in [1.807, 2.05) is 11.8 Å². The van der Waals surface area contributed by atoms with E-state index in [1.165, 1.54) is 12.2 Å². The highest BCUT2D eigenvalue weighted by Crippen LogP contribution is 2.13. The van der Waals surface area contributed by atoms with Gasteiger partial charge in [-0.3, -0.25) is 0 Å². The van der Waals surface area contributed by atoms with E-state index >= 15 is 0 Å². The van der Waals surface area contributed by atoms with Crippen molar-refractivity contribution in [3.8, 4) is 0 Å². The third kappa shape index (κ3) is 14.1. The molecule has 7 heteroatoms. The quantitative estimate of drug-likeness (QED) is 0.726. The fraction of sp³-hybridized carbons (Fsp3) is 0.857. The van der Waals surface area contributed by atoms with Gasteiger partial charge >= 0.3 is 12.1 Å². The van der Waals surface area contributed by atoms with Crippen LogP contribution >= 0.6 is 11.8 Å². The molecule has 0 rings (SSSR count). The number of thioether (sulfide) groups is 1. The van der Waals surface area contributed by atoms with Crippen molar-refractivity contribution in [2.45, 2.75) is 19.5 Å². The maximum absolute atomic E-state index is 10.6. The lowest BCUT2D eigenvalue weighted by molar-refractivity contribution is -0.192. The molecule has 3 N–H and O–H groups in total. The summed E-state index contributed by atoms with van der Waals surface area (Å²) in [4.78, 5) is 8.90. The SMILES string of the molecule is CCCSCCN.O=C(O)C(F)(F)F. The lowest BCUT2D eigenvalue weighted by Gasteiger charge is -1.93. The van der Waals surface area contributed by atoms with Gasteiger partial charge in [-0.1, -0.05) is 6.92 Å². The minimum atomic E-state index is -5.08. The van der Waals surface area contributed by atoms with E-state index < -0.39 is 12.1 Å². The van der Waals surface area contributed by atoms with Crippen LogP contribution < -0.4 is 5.73 Å². The van der Waals surface area contributed by atoms with Crippen LogP contribution in [0.25, 0.3) is 0 Å². The fourth-order valence-electron chi connectivity index (χ4n) is 0.330. The monoisotopic (exact) mass is 233 g/mol. The number of carbonyl (C=O) groups is 1. The molecule has 0 spiro atoms. The summed E-state index contributed by atoms with van der Waals surface area (Å²) in [5.41, 5.74) is 5.25. The van der Waals surface area contributed by atoms with Crippen molar-refractivity contribution in [3.63, 3.8) is 0 Å². The Morgan fingerprint density at radius 2 is 1.86 bits per heavy atom. The molecule has 0 atom stereocenters. The number of carboxylic acid groups (broad SMARTS) is 1. The van der Waals surface area contributed by atoms with E-state index in [0.29, 0.717) is 0 Å². The maximum Gasteiger partial charge on any atom is 0.490 e. The second-order valence-electron chi connectivity index (χ2n) is 2.20. The number of halogens is 3. The lowest BCUT2D eigenvalue weighted by atomic mass is 10.6. The van der Waals surface area contributed by atoms with Gasteiger partial charge in [0.1, 0.15) is 0 Å². The summed E-state index contributed by atoms with van der Waals surface area (Å²) in [6, 6.07) is 0. The van der Waals surface area contributed by atoms with Gasteiger partial charge in [-0.15, -0.1) is 0 Å². The Balaban J connectivity index is 0. The number of alkyl halides is 3. The Morgan fingerprint density at radius 3 is 2.07 bits per heavy atom. The van der Waals surface area contributed by atoms with E-state index in [0.717, 1.165) is 12.3 Å². The highest BCUT2D eigenvalue weighted by atomic mass is 32.2. The molecule has 0 saturated carbocycles. The highest BCUT2D eigenvalue weighted by molar-refractivity contribution is 7.99. The third-order valence-corrected chi connectivity index (χ3v) is 2.07. The van der Waals surface area contributed by atoms with Gasteiger partial charge in [-0.2, -0.15) is 24.9 Å². The molecular formula is C7H14F3NO2S. The van der Waals surface area contributed by atoms with Crippen molar-refractivity contribution in [3.05, 3.63) is 0 Å². The van der Waals surface area contributed by atoms with Gasteiger partial charge in [0, 0.05) is 12.3 Å². The molecule has 0 unspecified atom stereocenters. The number of aliphatic carboxylic acids is 1. The standard InChI is InChI=1S/C5H13NS.C2HF3O2/c1-2-4-7-5-3-6;3-2(4,5)1(6)7/h2-6H2,1H3;(H,6,7). The Labute approximate surface area is 84.9 Å². The molecule has 0 saturated heterocycles. The summed E-state index contributed by atoms with van der Waals surface area (Å²) in [5, 5.41) is 7.12. The van der Waals surface area contributed by atoms with E-state index in [1.54, 1.807) is 0 Å². The van der Waals surface area contributed by atoms with Crippen molar-refractivity contribution in [1.29, 1.82) is 0 Å². The highest BCUT2D eigenvalue weighted by Gasteiger charge is 2.38. The summed E-state index contributed by atoms with van der Waals surface area (Å²) >= 11 is 1.93. The van der Waals surface area contributed by atoms with Gasteiger partial charge in [0.25, 0.3) is 0 Å². The molecule has 0 fully saturated rings. The molecule has 0 aromatic rings. The van der Waals surface area contributed by atoms with E-state index in [2.05, 4.69) is 6.92 Å². The number of rotatable bonds is 4. The number of hydrogen-bond acceptors (Lipinski definition) is 3. The van der Waals surface area contributed by atoms with Crippen molar-refractivity contribution in [1.82, 2.24) is 0 Å². The number of carboxylic acids is 1. The first-order valence-electron chi connectivity index (χ1n) is 3.94. The largest absolute Gasteiger partial charge is 0.490 e. The molecule has 0 amide bonds. The van der Waals surface area contributed by atoms with Gasteiger partial charge in [0.15, 0.2) is 0 Å². The molecule has 0 aliphatic rings. The van der Waals surface area contributed by atoms with Gasteiger partial charge in [0.05, 0.1) is 0 Å². The molecule has 0 aromatic heterocycles. The van der Waals surface area contributed by atoms with Crippen LogP contribution in [-0.2, 0) is 4.79 Å². The van der Waals surface area contributed by atoms with Gasteiger partial charge in [-0.05, 0) is 12.2 Å². The van der Waals surface area contributed by atoms with Crippen molar-refractivity contribution in [2.75, 3.05) is 18.1 Å². The third-order valence-electron chi connectivity index (χ3n) is 0.853. The fourth-order valence-corrected chi connectivity index (χ4v) is 0.989. The van der Waals surface area contributed by atoms with Crippen LogP contribution in [0.1, 0.15) is 13.3 Å². The summed E-state index contributed by atoms with van der Waals surface area (Å²) in [6.45, 7) is 3.01. The van der Waals surface area contributed by atoms with Crippen molar-refractivity contribution in [2.24, 2.45) is 5.73 Å². The molecule has 0 aliphatic heterocycles. The second-order valence-corrected chi connectivity index (χ2v) is 3.43. The predicted molar refractivity (Wildman–Crippen MR) is 50.4 cm³/mol. The molecular weight excluding hydrogens is 219 g/mol. The average Bonchev–Trinajstić information content (AvgIpc) is 2.05. The van der Waals surface area contributed by atoms with Crippen LogP contribution in [0.15, 0.2) is 0 Å². The van der Waals surface area contributed by atoms with Crippen LogP contribution in [0.5, 0.6) is 0 Å². The van der Waals surface area contributed by atoms with Crippen LogP contribution in [0, 0.1) is 0 Å². The molecule has 86 valence electrons. The van der Waals surface area contributed by atoms with Gasteiger partial charge in [-0.25, -0.2) is 4.79 Å². The molecule has 0 bridgehead atoms. The Morgan fingerprint density at radius 1 is 1.43 bits per heavy atom. The molecule has 0 radical (unpaired) electrons. The topological polar surface area (TPSA) is 63.3 Å². The molecule has 0 heterocycles.